The number of rotatable bonds is 1. The summed E-state index contributed by atoms with van der Waals surface area (Å²) in [5, 5.41) is 20.4. The third-order valence-electron chi connectivity index (χ3n) is 0.966. The summed E-state index contributed by atoms with van der Waals surface area (Å²) in [6.45, 7) is 0. The molecule has 0 radical (unpaired) electrons. The van der Waals surface area contributed by atoms with Crippen molar-refractivity contribution >= 4 is 23.0 Å². The molecule has 0 bridgehead atoms. The number of hydrogen-bond acceptors (Lipinski definition) is 4. The van der Waals surface area contributed by atoms with E-state index in [-0.39, 0.29) is 10.6 Å². The van der Waals surface area contributed by atoms with Crippen LogP contribution >= 0.6 is 11.3 Å². The number of carbonyl (C=O) groups is 1. The second kappa shape index (κ2) is 2.18. The largest absolute Gasteiger partial charge is 0.870 e. The van der Waals surface area contributed by atoms with Gasteiger partial charge in [-0.2, -0.15) is 0 Å². The van der Waals surface area contributed by atoms with Gasteiger partial charge < -0.3 is 15.9 Å². The van der Waals surface area contributed by atoms with E-state index in [1.165, 1.54) is 5.38 Å². The second-order valence-corrected chi connectivity index (χ2v) is 2.53. The lowest BCUT2D eigenvalue weighted by molar-refractivity contribution is -0.266. The summed E-state index contributed by atoms with van der Waals surface area (Å²) in [4.78, 5) is 9.97. The van der Waals surface area contributed by atoms with Crippen LogP contribution < -0.4 is 10.8 Å². The Morgan fingerprint density at radius 1 is 1.80 bits per heavy atom. The van der Waals surface area contributed by atoms with Gasteiger partial charge in [0.15, 0.2) is 0 Å². The van der Waals surface area contributed by atoms with E-state index < -0.39 is 11.7 Å². The minimum atomic E-state index is -1.22. The second-order valence-electron chi connectivity index (χ2n) is 1.65. The SMILES string of the molecule is Nc1csc(C(=O)O)c1[O-]. The molecule has 1 aromatic heterocycles. The Hall–Kier alpha value is -1.23. The van der Waals surface area contributed by atoms with Crippen molar-refractivity contribution in [3.63, 3.8) is 0 Å². The summed E-state index contributed by atoms with van der Waals surface area (Å²) in [6.07, 6.45) is 0. The standard InChI is InChI=1S/C5H5NO3S/c6-2-1-10-4(3(2)7)5(8)9/h1,7H,6H2,(H,8,9)/p-1. The molecule has 0 spiro atoms. The van der Waals surface area contributed by atoms with Crippen LogP contribution in [-0.4, -0.2) is 11.1 Å². The van der Waals surface area contributed by atoms with Crippen LogP contribution in [0.25, 0.3) is 0 Å². The average Bonchev–Trinajstić information content (AvgIpc) is 2.14. The van der Waals surface area contributed by atoms with Gasteiger partial charge >= 0.3 is 5.97 Å². The van der Waals surface area contributed by atoms with Crippen LogP contribution in [-0.2, 0) is 0 Å². The highest BCUT2D eigenvalue weighted by molar-refractivity contribution is 7.12. The average molecular weight is 158 g/mol. The van der Waals surface area contributed by atoms with Gasteiger partial charge in [0.2, 0.25) is 0 Å². The highest BCUT2D eigenvalue weighted by atomic mass is 32.1. The van der Waals surface area contributed by atoms with Gasteiger partial charge in [0.05, 0.1) is 0 Å². The molecule has 4 nitrogen and oxygen atoms in total. The highest BCUT2D eigenvalue weighted by Gasteiger charge is 2.06. The zero-order valence-electron chi connectivity index (χ0n) is 4.83. The molecular weight excluding hydrogens is 154 g/mol. The first-order valence-corrected chi connectivity index (χ1v) is 3.28. The Morgan fingerprint density at radius 2 is 2.40 bits per heavy atom. The van der Waals surface area contributed by atoms with Crippen molar-refractivity contribution in [2.24, 2.45) is 0 Å². The number of carboxylic acids is 1. The lowest BCUT2D eigenvalue weighted by Gasteiger charge is -2.03. The molecule has 0 amide bonds. The molecule has 1 heterocycles. The maximum Gasteiger partial charge on any atom is 0.345 e. The molecule has 0 saturated heterocycles. The molecule has 0 aromatic carbocycles. The van der Waals surface area contributed by atoms with Crippen LogP contribution in [0.2, 0.25) is 0 Å². The van der Waals surface area contributed by atoms with Gasteiger partial charge in [0.25, 0.3) is 0 Å². The quantitative estimate of drug-likeness (QED) is 0.607. The minimum Gasteiger partial charge on any atom is -0.870 e. The van der Waals surface area contributed by atoms with E-state index in [1.807, 2.05) is 0 Å². The Kier molecular flexibility index (Phi) is 1.50. The molecule has 0 saturated carbocycles. The van der Waals surface area contributed by atoms with Crippen molar-refractivity contribution in [2.75, 3.05) is 5.73 Å². The van der Waals surface area contributed by atoms with Crippen LogP contribution in [0, 0.1) is 0 Å². The maximum absolute atomic E-state index is 10.7. The van der Waals surface area contributed by atoms with E-state index in [9.17, 15) is 9.90 Å². The monoisotopic (exact) mass is 158 g/mol. The van der Waals surface area contributed by atoms with Crippen LogP contribution in [0.5, 0.6) is 5.75 Å². The topological polar surface area (TPSA) is 86.4 Å². The number of thiophene rings is 1. The first kappa shape index (κ1) is 6.88. The lowest BCUT2D eigenvalue weighted by atomic mass is 10.4. The summed E-state index contributed by atoms with van der Waals surface area (Å²) in [6, 6.07) is 0. The number of anilines is 1. The fourth-order valence-corrected chi connectivity index (χ4v) is 1.19. The minimum absolute atomic E-state index is 0.00222. The Morgan fingerprint density at radius 3 is 2.60 bits per heavy atom. The molecule has 0 aliphatic rings. The lowest BCUT2D eigenvalue weighted by Crippen LogP contribution is -2.01. The molecule has 0 aliphatic heterocycles. The Bertz CT molecular complexity index is 268. The van der Waals surface area contributed by atoms with E-state index in [1.54, 1.807) is 0 Å². The van der Waals surface area contributed by atoms with E-state index >= 15 is 0 Å². The summed E-state index contributed by atoms with van der Waals surface area (Å²) in [5.74, 6) is -1.80. The van der Waals surface area contributed by atoms with Gasteiger partial charge in [-0.05, 0) is 0 Å². The smallest absolute Gasteiger partial charge is 0.345 e. The van der Waals surface area contributed by atoms with E-state index in [4.69, 9.17) is 10.8 Å². The first-order valence-electron chi connectivity index (χ1n) is 2.40. The molecule has 54 valence electrons. The maximum atomic E-state index is 10.7. The Balaban J connectivity index is 3.17. The van der Waals surface area contributed by atoms with E-state index in [0.717, 1.165) is 11.3 Å². The predicted molar refractivity (Wildman–Crippen MR) is 35.1 cm³/mol. The van der Waals surface area contributed by atoms with E-state index in [2.05, 4.69) is 0 Å². The van der Waals surface area contributed by atoms with Crippen molar-refractivity contribution in [3.05, 3.63) is 10.3 Å². The van der Waals surface area contributed by atoms with Crippen molar-refractivity contribution in [2.45, 2.75) is 0 Å². The van der Waals surface area contributed by atoms with Gasteiger partial charge in [-0.1, -0.05) is 5.75 Å². The molecule has 1 aromatic rings. The highest BCUT2D eigenvalue weighted by Crippen LogP contribution is 2.28. The molecule has 0 atom stereocenters. The van der Waals surface area contributed by atoms with Crippen LogP contribution in [0.1, 0.15) is 9.67 Å². The first-order chi connectivity index (χ1) is 4.63. The zero-order valence-corrected chi connectivity index (χ0v) is 5.64. The van der Waals surface area contributed by atoms with Gasteiger partial charge in [0, 0.05) is 11.1 Å². The zero-order chi connectivity index (χ0) is 7.72. The van der Waals surface area contributed by atoms with Gasteiger partial charge in [-0.15, -0.1) is 11.3 Å². The number of nitrogens with two attached hydrogens (primary N) is 1. The number of hydrogen-bond donors (Lipinski definition) is 2. The molecule has 0 unspecified atom stereocenters. The third-order valence-corrected chi connectivity index (χ3v) is 1.93. The van der Waals surface area contributed by atoms with Gasteiger partial charge in [0.1, 0.15) is 4.88 Å². The normalized spacial score (nSPS) is 9.60. The van der Waals surface area contributed by atoms with Gasteiger partial charge in [-0.25, -0.2) is 4.79 Å². The molecule has 3 N–H and O–H groups in total. The molecule has 5 heteroatoms. The van der Waals surface area contributed by atoms with Gasteiger partial charge in [-0.3, -0.25) is 0 Å². The van der Waals surface area contributed by atoms with Crippen molar-refractivity contribution in [1.82, 2.24) is 0 Å². The predicted octanol–water partition coefficient (Wildman–Crippen LogP) is 0.102. The molecule has 0 aliphatic carbocycles. The fraction of sp³-hybridized carbons (Fsp3) is 0. The number of nitrogen functional groups attached to an aromatic ring is 1. The molecule has 1 rings (SSSR count). The fourth-order valence-electron chi connectivity index (χ4n) is 0.508. The molecular formula is C5H4NO3S-. The molecule has 10 heavy (non-hydrogen) atoms. The van der Waals surface area contributed by atoms with Crippen molar-refractivity contribution < 1.29 is 15.0 Å². The molecule has 0 fully saturated rings. The summed E-state index contributed by atoms with van der Waals surface area (Å²) >= 11 is 0.847. The van der Waals surface area contributed by atoms with Crippen LogP contribution in [0.4, 0.5) is 5.69 Å². The van der Waals surface area contributed by atoms with Crippen LogP contribution in [0.3, 0.4) is 0 Å². The number of aromatic carboxylic acids is 1. The van der Waals surface area contributed by atoms with Crippen LogP contribution in [0.15, 0.2) is 5.38 Å². The summed E-state index contributed by atoms with van der Waals surface area (Å²) < 4.78 is 0. The summed E-state index contributed by atoms with van der Waals surface area (Å²) in [7, 11) is 0. The van der Waals surface area contributed by atoms with E-state index in [0.29, 0.717) is 0 Å². The Labute approximate surface area is 60.5 Å². The third kappa shape index (κ3) is 0.906. The number of carboxylic acid groups (broad SMARTS) is 1. The van der Waals surface area contributed by atoms with Crippen molar-refractivity contribution in [3.8, 4) is 5.75 Å². The summed E-state index contributed by atoms with van der Waals surface area (Å²) in [5.41, 5.74) is 5.12. The van der Waals surface area contributed by atoms with Crippen molar-refractivity contribution in [1.29, 1.82) is 0 Å².